The van der Waals surface area contributed by atoms with Crippen LogP contribution in [0.25, 0.3) is 0 Å². The molecule has 1 N–H and O–H groups in total. The smallest absolute Gasteiger partial charge is 0.307 e. The zero-order valence-electron chi connectivity index (χ0n) is 12.3. The molecule has 3 heteroatoms. The van der Waals surface area contributed by atoms with Crippen molar-refractivity contribution in [3.63, 3.8) is 0 Å². The van der Waals surface area contributed by atoms with E-state index >= 15 is 0 Å². The van der Waals surface area contributed by atoms with E-state index in [1.54, 1.807) is 0 Å². The first-order valence-electron chi connectivity index (χ1n) is 7.47. The fourth-order valence-electron chi connectivity index (χ4n) is 3.04. The van der Waals surface area contributed by atoms with Crippen LogP contribution in [0.1, 0.15) is 65.2 Å². The lowest BCUT2D eigenvalue weighted by Gasteiger charge is -2.33. The predicted molar refractivity (Wildman–Crippen MR) is 74.5 cm³/mol. The average molecular weight is 255 g/mol. The van der Waals surface area contributed by atoms with Crippen molar-refractivity contribution in [2.75, 3.05) is 13.7 Å². The molecule has 0 radical (unpaired) electrons. The average Bonchev–Trinajstić information content (AvgIpc) is 2.59. The molecular weight excluding hydrogens is 226 g/mol. The Morgan fingerprint density at radius 1 is 1.33 bits per heavy atom. The van der Waals surface area contributed by atoms with Crippen LogP contribution in [0.15, 0.2) is 0 Å². The van der Waals surface area contributed by atoms with Gasteiger partial charge in [0, 0.05) is 5.54 Å². The van der Waals surface area contributed by atoms with Gasteiger partial charge in [0.2, 0.25) is 0 Å². The van der Waals surface area contributed by atoms with Crippen molar-refractivity contribution in [1.29, 1.82) is 0 Å². The Morgan fingerprint density at radius 2 is 2.11 bits per heavy atom. The third kappa shape index (κ3) is 4.60. The topological polar surface area (TPSA) is 38.3 Å². The second kappa shape index (κ2) is 7.78. The molecule has 3 nitrogen and oxygen atoms in total. The standard InChI is InChI=1S/C15H29NO2/c1-4-11-16-15(12-14(17)18-3)9-6-7-13(5-2)8-10-15/h13,16H,4-12H2,1-3H3. The first-order chi connectivity index (χ1) is 8.65. The van der Waals surface area contributed by atoms with E-state index in [0.29, 0.717) is 6.42 Å². The number of hydrogen-bond donors (Lipinski definition) is 1. The summed E-state index contributed by atoms with van der Waals surface area (Å²) < 4.78 is 4.87. The van der Waals surface area contributed by atoms with Crippen molar-refractivity contribution < 1.29 is 9.53 Å². The fraction of sp³-hybridized carbons (Fsp3) is 0.933. The highest BCUT2D eigenvalue weighted by Crippen LogP contribution is 2.34. The molecule has 0 heterocycles. The van der Waals surface area contributed by atoms with Crippen molar-refractivity contribution >= 4 is 5.97 Å². The van der Waals surface area contributed by atoms with Gasteiger partial charge in [-0.15, -0.1) is 0 Å². The summed E-state index contributed by atoms with van der Waals surface area (Å²) >= 11 is 0. The lowest BCUT2D eigenvalue weighted by molar-refractivity contribution is -0.142. The van der Waals surface area contributed by atoms with Gasteiger partial charge >= 0.3 is 5.97 Å². The number of nitrogens with one attached hydrogen (secondary N) is 1. The molecule has 1 rings (SSSR count). The summed E-state index contributed by atoms with van der Waals surface area (Å²) in [6.07, 6.45) is 8.91. The van der Waals surface area contributed by atoms with Gasteiger partial charge in [-0.2, -0.15) is 0 Å². The van der Waals surface area contributed by atoms with Crippen molar-refractivity contribution in [3.8, 4) is 0 Å². The van der Waals surface area contributed by atoms with Crippen LogP contribution in [0.3, 0.4) is 0 Å². The maximum absolute atomic E-state index is 11.6. The zero-order valence-corrected chi connectivity index (χ0v) is 12.3. The van der Waals surface area contributed by atoms with Crippen molar-refractivity contribution in [2.45, 2.75) is 70.8 Å². The lowest BCUT2D eigenvalue weighted by atomic mass is 9.86. The fourth-order valence-corrected chi connectivity index (χ4v) is 3.04. The van der Waals surface area contributed by atoms with Crippen LogP contribution in [-0.2, 0) is 9.53 Å². The predicted octanol–water partition coefficient (Wildman–Crippen LogP) is 3.28. The summed E-state index contributed by atoms with van der Waals surface area (Å²) in [5.41, 5.74) is -0.00692. The number of rotatable bonds is 6. The molecule has 1 aliphatic rings. The maximum atomic E-state index is 11.6. The van der Waals surface area contributed by atoms with Gasteiger partial charge in [0.25, 0.3) is 0 Å². The van der Waals surface area contributed by atoms with E-state index in [1.807, 2.05) is 0 Å². The Balaban J connectivity index is 2.66. The largest absolute Gasteiger partial charge is 0.469 e. The van der Waals surface area contributed by atoms with Crippen LogP contribution in [0.4, 0.5) is 0 Å². The third-order valence-corrected chi connectivity index (χ3v) is 4.34. The summed E-state index contributed by atoms with van der Waals surface area (Å²) in [6.45, 7) is 5.44. The van der Waals surface area contributed by atoms with E-state index in [-0.39, 0.29) is 11.5 Å². The van der Waals surface area contributed by atoms with Crippen LogP contribution in [0.2, 0.25) is 0 Å². The van der Waals surface area contributed by atoms with Gasteiger partial charge in [0.05, 0.1) is 13.5 Å². The molecule has 2 unspecified atom stereocenters. The van der Waals surface area contributed by atoms with Crippen molar-refractivity contribution in [3.05, 3.63) is 0 Å². The molecule has 1 saturated carbocycles. The van der Waals surface area contributed by atoms with E-state index in [9.17, 15) is 4.79 Å². The molecule has 106 valence electrons. The molecule has 0 aromatic rings. The summed E-state index contributed by atoms with van der Waals surface area (Å²) in [7, 11) is 1.49. The molecule has 0 aromatic carbocycles. The molecule has 0 saturated heterocycles. The van der Waals surface area contributed by atoms with E-state index in [2.05, 4.69) is 19.2 Å². The molecule has 0 amide bonds. The molecule has 1 aliphatic carbocycles. The molecule has 1 fully saturated rings. The summed E-state index contributed by atoms with van der Waals surface area (Å²) in [6, 6.07) is 0. The lowest BCUT2D eigenvalue weighted by Crippen LogP contribution is -2.47. The molecule has 0 aliphatic heterocycles. The minimum Gasteiger partial charge on any atom is -0.469 e. The SMILES string of the molecule is CCCNC1(CC(=O)OC)CCCC(CC)CC1. The number of methoxy groups -OCH3 is 1. The first-order valence-corrected chi connectivity index (χ1v) is 7.47. The van der Waals surface area contributed by atoms with E-state index in [1.165, 1.54) is 32.8 Å². The molecule has 0 aromatic heterocycles. The normalized spacial score (nSPS) is 28.7. The number of carbonyl (C=O) groups excluding carboxylic acids is 1. The van der Waals surface area contributed by atoms with E-state index in [4.69, 9.17) is 4.74 Å². The van der Waals surface area contributed by atoms with Gasteiger partial charge in [0.15, 0.2) is 0 Å². The van der Waals surface area contributed by atoms with Crippen LogP contribution >= 0.6 is 0 Å². The van der Waals surface area contributed by atoms with Gasteiger partial charge < -0.3 is 10.1 Å². The van der Waals surface area contributed by atoms with Gasteiger partial charge in [-0.1, -0.05) is 33.1 Å². The quantitative estimate of drug-likeness (QED) is 0.585. The Hall–Kier alpha value is -0.570. The molecule has 0 spiro atoms. The van der Waals surface area contributed by atoms with Gasteiger partial charge in [0.1, 0.15) is 0 Å². The molecule has 0 bridgehead atoms. The van der Waals surface area contributed by atoms with Crippen LogP contribution in [-0.4, -0.2) is 25.2 Å². The Morgan fingerprint density at radius 3 is 2.72 bits per heavy atom. The minimum absolute atomic E-state index is 0.00692. The Kier molecular flexibility index (Phi) is 6.69. The molecule has 2 atom stereocenters. The van der Waals surface area contributed by atoms with E-state index < -0.39 is 0 Å². The van der Waals surface area contributed by atoms with Crippen molar-refractivity contribution in [2.24, 2.45) is 5.92 Å². The first kappa shape index (κ1) is 15.5. The van der Waals surface area contributed by atoms with Crippen LogP contribution in [0.5, 0.6) is 0 Å². The second-order valence-corrected chi connectivity index (χ2v) is 5.67. The van der Waals surface area contributed by atoms with Crippen LogP contribution < -0.4 is 5.32 Å². The second-order valence-electron chi connectivity index (χ2n) is 5.67. The van der Waals surface area contributed by atoms with Crippen LogP contribution in [0, 0.1) is 5.92 Å². The monoisotopic (exact) mass is 255 g/mol. The van der Waals surface area contributed by atoms with Gasteiger partial charge in [-0.25, -0.2) is 0 Å². The highest BCUT2D eigenvalue weighted by Gasteiger charge is 2.34. The summed E-state index contributed by atoms with van der Waals surface area (Å²) in [4.78, 5) is 11.6. The number of ether oxygens (including phenoxy) is 1. The molecular formula is C15H29NO2. The number of carbonyl (C=O) groups is 1. The van der Waals surface area contributed by atoms with Gasteiger partial charge in [-0.3, -0.25) is 4.79 Å². The van der Waals surface area contributed by atoms with Crippen molar-refractivity contribution in [1.82, 2.24) is 5.32 Å². The zero-order chi connectivity index (χ0) is 13.4. The Labute approximate surface area is 112 Å². The highest BCUT2D eigenvalue weighted by atomic mass is 16.5. The van der Waals surface area contributed by atoms with E-state index in [0.717, 1.165) is 31.7 Å². The maximum Gasteiger partial charge on any atom is 0.307 e. The molecule has 18 heavy (non-hydrogen) atoms. The number of esters is 1. The van der Waals surface area contributed by atoms with Gasteiger partial charge in [-0.05, 0) is 38.1 Å². The third-order valence-electron chi connectivity index (χ3n) is 4.34. The number of hydrogen-bond acceptors (Lipinski definition) is 3. The summed E-state index contributed by atoms with van der Waals surface area (Å²) in [5, 5.41) is 3.63. The highest BCUT2D eigenvalue weighted by molar-refractivity contribution is 5.70. The summed E-state index contributed by atoms with van der Waals surface area (Å²) in [5.74, 6) is 0.765. The minimum atomic E-state index is -0.0754. The Bertz CT molecular complexity index is 255.